The predicted octanol–water partition coefficient (Wildman–Crippen LogP) is 2.81. The molecule has 0 fully saturated rings. The van der Waals surface area contributed by atoms with Gasteiger partial charge in [0, 0.05) is 11.3 Å². The summed E-state index contributed by atoms with van der Waals surface area (Å²) < 4.78 is 0. The van der Waals surface area contributed by atoms with Gasteiger partial charge in [-0.2, -0.15) is 0 Å². The molecule has 2 aromatic carbocycles. The maximum Gasteiger partial charge on any atom is 0.228 e. The van der Waals surface area contributed by atoms with E-state index in [4.69, 9.17) is 18.0 Å². The van der Waals surface area contributed by atoms with Crippen molar-refractivity contribution >= 4 is 28.8 Å². The number of rotatable bonds is 4. The molecule has 1 amide bonds. The molecule has 0 atom stereocenters. The van der Waals surface area contributed by atoms with Crippen LogP contribution in [0.5, 0.6) is 0 Å². The first kappa shape index (κ1) is 14.2. The number of nitrogens with one attached hydrogen (secondary N) is 1. The minimum Gasteiger partial charge on any atom is -0.389 e. The second-order valence-electron chi connectivity index (χ2n) is 4.66. The Hall–Kier alpha value is -2.20. The van der Waals surface area contributed by atoms with Crippen LogP contribution < -0.4 is 11.1 Å². The lowest BCUT2D eigenvalue weighted by Crippen LogP contribution is -2.15. The lowest BCUT2D eigenvalue weighted by Gasteiger charge is -2.07. The molecule has 3 nitrogen and oxygen atoms in total. The fraction of sp³-hybridized carbons (Fsp3) is 0.125. The molecular weight excluding hydrogens is 268 g/mol. The van der Waals surface area contributed by atoms with Crippen LogP contribution >= 0.6 is 12.2 Å². The highest BCUT2D eigenvalue weighted by molar-refractivity contribution is 7.80. The zero-order chi connectivity index (χ0) is 14.5. The Bertz CT molecular complexity index is 652. The summed E-state index contributed by atoms with van der Waals surface area (Å²) in [7, 11) is 0. The second kappa shape index (κ2) is 6.30. The summed E-state index contributed by atoms with van der Waals surface area (Å²) in [6, 6.07) is 15.1. The van der Waals surface area contributed by atoms with Crippen LogP contribution in [-0.2, 0) is 11.2 Å². The van der Waals surface area contributed by atoms with E-state index < -0.39 is 0 Å². The maximum atomic E-state index is 12.0. The second-order valence-corrected chi connectivity index (χ2v) is 5.10. The average Bonchev–Trinajstić information content (AvgIpc) is 2.38. The van der Waals surface area contributed by atoms with Crippen molar-refractivity contribution in [2.24, 2.45) is 5.73 Å². The monoisotopic (exact) mass is 284 g/mol. The summed E-state index contributed by atoms with van der Waals surface area (Å²) in [4.78, 5) is 12.3. The number of aryl methyl sites for hydroxylation is 1. The van der Waals surface area contributed by atoms with Crippen molar-refractivity contribution in [3.8, 4) is 0 Å². The van der Waals surface area contributed by atoms with E-state index in [-0.39, 0.29) is 5.91 Å². The molecule has 0 aliphatic carbocycles. The quantitative estimate of drug-likeness (QED) is 0.849. The summed E-state index contributed by atoms with van der Waals surface area (Å²) in [5.74, 6) is -0.0595. The number of anilines is 1. The topological polar surface area (TPSA) is 55.1 Å². The summed E-state index contributed by atoms with van der Waals surface area (Å²) >= 11 is 4.92. The fourth-order valence-corrected chi connectivity index (χ4v) is 2.09. The van der Waals surface area contributed by atoms with Gasteiger partial charge in [-0.05, 0) is 24.6 Å². The molecule has 0 bridgehead atoms. The normalized spacial score (nSPS) is 10.1. The highest BCUT2D eigenvalue weighted by atomic mass is 32.1. The molecule has 20 heavy (non-hydrogen) atoms. The molecule has 2 aromatic rings. The summed E-state index contributed by atoms with van der Waals surface area (Å²) in [6.07, 6.45) is 0.346. The third kappa shape index (κ3) is 3.90. The van der Waals surface area contributed by atoms with Gasteiger partial charge in [0.25, 0.3) is 0 Å². The molecule has 3 N–H and O–H groups in total. The van der Waals surface area contributed by atoms with Crippen LogP contribution in [0.4, 0.5) is 5.69 Å². The Balaban J connectivity index is 2.04. The van der Waals surface area contributed by atoms with Crippen LogP contribution in [0.15, 0.2) is 48.5 Å². The Morgan fingerprint density at radius 1 is 1.20 bits per heavy atom. The SMILES string of the molecule is Cc1cccc(CC(=O)Nc2cccc(C(N)=S)c2)c1. The number of carbonyl (C=O) groups excluding carboxylic acids is 1. The first-order valence-corrected chi connectivity index (χ1v) is 6.71. The van der Waals surface area contributed by atoms with E-state index in [1.807, 2.05) is 49.4 Å². The smallest absolute Gasteiger partial charge is 0.228 e. The van der Waals surface area contributed by atoms with Gasteiger partial charge in [-0.3, -0.25) is 4.79 Å². The van der Waals surface area contributed by atoms with Crippen molar-refractivity contribution in [1.29, 1.82) is 0 Å². The molecule has 0 spiro atoms. The van der Waals surface area contributed by atoms with Gasteiger partial charge in [0.05, 0.1) is 6.42 Å². The van der Waals surface area contributed by atoms with Gasteiger partial charge in [0.2, 0.25) is 5.91 Å². The Labute approximate surface area is 123 Å². The molecule has 0 aliphatic heterocycles. The van der Waals surface area contributed by atoms with E-state index in [1.54, 1.807) is 6.07 Å². The molecule has 0 unspecified atom stereocenters. The molecule has 0 heterocycles. The minimum absolute atomic E-state index is 0.0595. The largest absolute Gasteiger partial charge is 0.389 e. The van der Waals surface area contributed by atoms with Crippen LogP contribution in [0.3, 0.4) is 0 Å². The van der Waals surface area contributed by atoms with Crippen LogP contribution in [0, 0.1) is 6.92 Å². The predicted molar refractivity (Wildman–Crippen MR) is 85.8 cm³/mol. The van der Waals surface area contributed by atoms with Gasteiger partial charge in [-0.15, -0.1) is 0 Å². The third-order valence-corrected chi connectivity index (χ3v) is 3.11. The summed E-state index contributed by atoms with van der Waals surface area (Å²) in [5, 5.41) is 2.85. The molecule has 0 radical (unpaired) electrons. The lowest BCUT2D eigenvalue weighted by molar-refractivity contribution is -0.115. The highest BCUT2D eigenvalue weighted by Crippen LogP contribution is 2.12. The number of nitrogens with two attached hydrogens (primary N) is 1. The average molecular weight is 284 g/mol. The molecule has 0 aromatic heterocycles. The zero-order valence-electron chi connectivity index (χ0n) is 11.2. The van der Waals surface area contributed by atoms with E-state index in [2.05, 4.69) is 5.32 Å². The lowest BCUT2D eigenvalue weighted by atomic mass is 10.1. The Morgan fingerprint density at radius 2 is 1.95 bits per heavy atom. The fourth-order valence-electron chi connectivity index (χ4n) is 1.96. The maximum absolute atomic E-state index is 12.0. The number of carbonyl (C=O) groups is 1. The van der Waals surface area contributed by atoms with Crippen molar-refractivity contribution in [3.63, 3.8) is 0 Å². The third-order valence-electron chi connectivity index (χ3n) is 2.88. The van der Waals surface area contributed by atoms with E-state index in [9.17, 15) is 4.79 Å². The van der Waals surface area contributed by atoms with Crippen molar-refractivity contribution in [2.75, 3.05) is 5.32 Å². The van der Waals surface area contributed by atoms with Crippen LogP contribution in [-0.4, -0.2) is 10.9 Å². The van der Waals surface area contributed by atoms with Crippen molar-refractivity contribution < 1.29 is 4.79 Å². The van der Waals surface area contributed by atoms with E-state index in [0.29, 0.717) is 17.1 Å². The van der Waals surface area contributed by atoms with E-state index in [1.165, 1.54) is 0 Å². The molecular formula is C16H16N2OS. The van der Waals surface area contributed by atoms with Gasteiger partial charge < -0.3 is 11.1 Å². The van der Waals surface area contributed by atoms with E-state index >= 15 is 0 Å². The number of thiocarbonyl (C=S) groups is 1. The van der Waals surface area contributed by atoms with Crippen LogP contribution in [0.1, 0.15) is 16.7 Å². The number of hydrogen-bond donors (Lipinski definition) is 2. The molecule has 102 valence electrons. The first-order valence-electron chi connectivity index (χ1n) is 6.30. The van der Waals surface area contributed by atoms with Gasteiger partial charge in [0.1, 0.15) is 4.99 Å². The van der Waals surface area contributed by atoms with Crippen LogP contribution in [0.2, 0.25) is 0 Å². The molecule has 0 aliphatic rings. The van der Waals surface area contributed by atoms with Crippen molar-refractivity contribution in [1.82, 2.24) is 0 Å². The standard InChI is InChI=1S/C16H16N2OS/c1-11-4-2-5-12(8-11)9-15(19)18-14-7-3-6-13(10-14)16(17)20/h2-8,10H,9H2,1H3,(H2,17,20)(H,18,19). The molecule has 2 rings (SSSR count). The Kier molecular flexibility index (Phi) is 4.48. The number of benzene rings is 2. The molecule has 0 saturated carbocycles. The first-order chi connectivity index (χ1) is 9.54. The number of amides is 1. The molecule has 4 heteroatoms. The van der Waals surface area contributed by atoms with Crippen molar-refractivity contribution in [3.05, 3.63) is 65.2 Å². The van der Waals surface area contributed by atoms with Gasteiger partial charge in [-0.25, -0.2) is 0 Å². The van der Waals surface area contributed by atoms with Crippen molar-refractivity contribution in [2.45, 2.75) is 13.3 Å². The highest BCUT2D eigenvalue weighted by Gasteiger charge is 2.05. The van der Waals surface area contributed by atoms with E-state index in [0.717, 1.165) is 16.7 Å². The summed E-state index contributed by atoms with van der Waals surface area (Å²) in [5.41, 5.74) is 9.16. The van der Waals surface area contributed by atoms with Gasteiger partial charge in [0.15, 0.2) is 0 Å². The van der Waals surface area contributed by atoms with Gasteiger partial charge in [-0.1, -0.05) is 54.2 Å². The zero-order valence-corrected chi connectivity index (χ0v) is 12.0. The minimum atomic E-state index is -0.0595. The summed E-state index contributed by atoms with van der Waals surface area (Å²) in [6.45, 7) is 2.01. The molecule has 0 saturated heterocycles. The number of hydrogen-bond acceptors (Lipinski definition) is 2. The van der Waals surface area contributed by atoms with Crippen LogP contribution in [0.25, 0.3) is 0 Å². The Morgan fingerprint density at radius 3 is 2.65 bits per heavy atom. The van der Waals surface area contributed by atoms with Gasteiger partial charge >= 0.3 is 0 Å².